The molecule has 1 saturated heterocycles. The fourth-order valence-corrected chi connectivity index (χ4v) is 5.74. The van der Waals surface area contributed by atoms with Crippen LogP contribution in [0.15, 0.2) is 34.3 Å². The summed E-state index contributed by atoms with van der Waals surface area (Å²) in [5, 5.41) is 33.8. The Balaban J connectivity index is 1.55. The Bertz CT molecular complexity index is 1030. The van der Waals surface area contributed by atoms with Crippen LogP contribution in [-0.4, -0.2) is 80.9 Å². The second-order valence-corrected chi connectivity index (χ2v) is 9.70. The molecule has 32 heavy (non-hydrogen) atoms. The quantitative estimate of drug-likeness (QED) is 0.541. The summed E-state index contributed by atoms with van der Waals surface area (Å²) in [6, 6.07) is 7.04. The second kappa shape index (κ2) is 8.86. The van der Waals surface area contributed by atoms with E-state index in [1.807, 2.05) is 24.3 Å². The summed E-state index contributed by atoms with van der Waals surface area (Å²) in [5.41, 5.74) is 0.808. The van der Waals surface area contributed by atoms with Crippen LogP contribution in [0.25, 0.3) is 10.2 Å². The molecule has 0 bridgehead atoms. The van der Waals surface area contributed by atoms with Crippen molar-refractivity contribution in [3.05, 3.63) is 29.3 Å². The lowest BCUT2D eigenvalue weighted by molar-refractivity contribution is -0.120. The largest absolute Gasteiger partial charge is 0.396 e. The van der Waals surface area contributed by atoms with Gasteiger partial charge in [0, 0.05) is 25.6 Å². The molecule has 5 atom stereocenters. The number of carbonyl (C=O) groups excluding carboxylic acids is 1. The average Bonchev–Trinajstić information content (AvgIpc) is 3.35. The number of guanidine groups is 1. The Hall–Kier alpha value is -2.40. The topological polar surface area (TPSA) is 131 Å². The number of nitrogens with zero attached hydrogens (tertiary/aromatic N) is 4. The Morgan fingerprint density at radius 3 is 2.66 bits per heavy atom. The standard InChI is InChI=1S/C22H27N5O4S/c28-11-12-10-14(18(30)17(12)29)23-19-16(21-24-13-6-2-3-7-15(13)32-21)20(31)26-22(25-19)27-8-4-1-5-9-27/h2-3,6-7,12,14,16-18,28-30H,1,4-5,8-11H2,(H,23,25,26,31)/t12-,14-,16?,17-,18+/m1/s1. The van der Waals surface area contributed by atoms with E-state index in [-0.39, 0.29) is 12.5 Å². The van der Waals surface area contributed by atoms with E-state index in [0.29, 0.717) is 23.2 Å². The first-order valence-corrected chi connectivity index (χ1v) is 11.9. The number of piperidine rings is 1. The van der Waals surface area contributed by atoms with Crippen molar-refractivity contribution < 1.29 is 20.1 Å². The number of fused-ring (bicyclic) bond motifs is 1. The highest BCUT2D eigenvalue weighted by atomic mass is 32.1. The van der Waals surface area contributed by atoms with Gasteiger partial charge in [0.2, 0.25) is 11.9 Å². The van der Waals surface area contributed by atoms with Crippen molar-refractivity contribution in [2.75, 3.05) is 19.7 Å². The molecule has 2 aromatic rings. The molecule has 10 heteroatoms. The number of hydrogen-bond acceptors (Lipinski definition) is 8. The van der Waals surface area contributed by atoms with Gasteiger partial charge in [-0.3, -0.25) is 15.1 Å². The number of aliphatic imine (C=N–C) groups is 2. The third-order valence-corrected chi connectivity index (χ3v) is 7.59. The highest BCUT2D eigenvalue weighted by molar-refractivity contribution is 7.18. The van der Waals surface area contributed by atoms with E-state index in [1.54, 1.807) is 0 Å². The zero-order valence-electron chi connectivity index (χ0n) is 17.6. The first kappa shape index (κ1) is 21.4. The highest BCUT2D eigenvalue weighted by Gasteiger charge is 2.43. The van der Waals surface area contributed by atoms with E-state index in [9.17, 15) is 20.1 Å². The Morgan fingerprint density at radius 1 is 1.16 bits per heavy atom. The number of aliphatic hydroxyl groups is 3. The summed E-state index contributed by atoms with van der Waals surface area (Å²) < 4.78 is 0.970. The molecular weight excluding hydrogens is 430 g/mol. The number of thiazole rings is 1. The number of rotatable bonds is 3. The summed E-state index contributed by atoms with van der Waals surface area (Å²) in [7, 11) is 0. The van der Waals surface area contributed by atoms with E-state index in [0.717, 1.165) is 42.6 Å². The molecule has 1 aromatic carbocycles. The number of likely N-dealkylation sites (tertiary alicyclic amines) is 1. The van der Waals surface area contributed by atoms with Gasteiger partial charge < -0.3 is 20.2 Å². The summed E-state index contributed by atoms with van der Waals surface area (Å²) >= 11 is 1.42. The Kier molecular flexibility index (Phi) is 5.93. The van der Waals surface area contributed by atoms with Gasteiger partial charge in [-0.2, -0.15) is 4.99 Å². The molecule has 2 aliphatic heterocycles. The van der Waals surface area contributed by atoms with E-state index in [1.165, 1.54) is 11.3 Å². The molecule has 2 fully saturated rings. The predicted molar refractivity (Wildman–Crippen MR) is 122 cm³/mol. The second-order valence-electron chi connectivity index (χ2n) is 8.64. The molecule has 1 saturated carbocycles. The summed E-state index contributed by atoms with van der Waals surface area (Å²) in [4.78, 5) is 29.4. The molecular formula is C22H27N5O4S. The highest BCUT2D eigenvalue weighted by Crippen LogP contribution is 2.33. The van der Waals surface area contributed by atoms with Crippen molar-refractivity contribution in [2.45, 2.75) is 49.9 Å². The van der Waals surface area contributed by atoms with Crippen molar-refractivity contribution in [3.8, 4) is 0 Å². The number of aromatic nitrogens is 1. The monoisotopic (exact) mass is 457 g/mol. The third-order valence-electron chi connectivity index (χ3n) is 6.49. The molecule has 0 radical (unpaired) electrons. The number of para-hydroxylation sites is 1. The smallest absolute Gasteiger partial charge is 0.244 e. The van der Waals surface area contributed by atoms with Crippen molar-refractivity contribution in [1.29, 1.82) is 0 Å². The minimum absolute atomic E-state index is 0.232. The normalized spacial score (nSPS) is 32.4. The fraction of sp³-hybridized carbons (Fsp3) is 0.545. The summed E-state index contributed by atoms with van der Waals surface area (Å²) in [6.07, 6.45) is 1.38. The van der Waals surface area contributed by atoms with Crippen LogP contribution >= 0.6 is 11.3 Å². The van der Waals surface area contributed by atoms with Crippen LogP contribution in [0, 0.1) is 5.92 Å². The maximum absolute atomic E-state index is 13.3. The van der Waals surface area contributed by atoms with Gasteiger partial charge >= 0.3 is 0 Å². The van der Waals surface area contributed by atoms with Crippen molar-refractivity contribution in [3.63, 3.8) is 0 Å². The molecule has 0 spiro atoms. The molecule has 1 aliphatic carbocycles. The molecule has 1 aromatic heterocycles. The molecule has 170 valence electrons. The van der Waals surface area contributed by atoms with Crippen molar-refractivity contribution in [2.24, 2.45) is 15.9 Å². The van der Waals surface area contributed by atoms with E-state index in [4.69, 9.17) is 4.99 Å². The predicted octanol–water partition coefficient (Wildman–Crippen LogP) is 0.853. The van der Waals surface area contributed by atoms with Crippen LogP contribution in [-0.2, 0) is 4.79 Å². The van der Waals surface area contributed by atoms with Crippen LogP contribution in [0.2, 0.25) is 0 Å². The number of hydrogen-bond donors (Lipinski definition) is 4. The lowest BCUT2D eigenvalue weighted by atomic mass is 10.1. The number of aliphatic hydroxyl groups excluding tert-OH is 3. The Morgan fingerprint density at radius 2 is 1.94 bits per heavy atom. The Labute approximate surface area is 189 Å². The first-order valence-electron chi connectivity index (χ1n) is 11.1. The van der Waals surface area contributed by atoms with Gasteiger partial charge in [-0.15, -0.1) is 11.3 Å². The lowest BCUT2D eigenvalue weighted by Gasteiger charge is -2.33. The SMILES string of the molecule is O=C1NC(N2CCCCC2)=NC(=N[C@@H]2C[C@H](CO)[C@@H](O)[C@H]2O)C1c1nc2ccccc2s1. The summed E-state index contributed by atoms with van der Waals surface area (Å²) in [5.74, 6) is -0.715. The first-order chi connectivity index (χ1) is 15.5. The van der Waals surface area contributed by atoms with Crippen LogP contribution in [0.5, 0.6) is 0 Å². The van der Waals surface area contributed by atoms with Gasteiger partial charge in [0.05, 0.1) is 22.4 Å². The van der Waals surface area contributed by atoms with Gasteiger partial charge in [-0.1, -0.05) is 12.1 Å². The van der Waals surface area contributed by atoms with Crippen molar-refractivity contribution in [1.82, 2.24) is 15.2 Å². The average molecular weight is 458 g/mol. The molecule has 3 aliphatic rings. The van der Waals surface area contributed by atoms with Gasteiger partial charge in [0.1, 0.15) is 22.9 Å². The molecule has 5 rings (SSSR count). The molecule has 9 nitrogen and oxygen atoms in total. The maximum atomic E-state index is 13.3. The maximum Gasteiger partial charge on any atom is 0.244 e. The van der Waals surface area contributed by atoms with E-state index >= 15 is 0 Å². The number of benzene rings is 1. The fourth-order valence-electron chi connectivity index (χ4n) is 4.67. The number of nitrogens with one attached hydrogen (secondary N) is 1. The van der Waals surface area contributed by atoms with E-state index < -0.39 is 30.1 Å². The number of amides is 1. The molecule has 1 amide bonds. The zero-order chi connectivity index (χ0) is 22.2. The molecule has 1 unspecified atom stereocenters. The van der Waals surface area contributed by atoms with Crippen LogP contribution in [0.1, 0.15) is 36.6 Å². The van der Waals surface area contributed by atoms with Gasteiger partial charge in [0.15, 0.2) is 0 Å². The van der Waals surface area contributed by atoms with Crippen LogP contribution in [0.3, 0.4) is 0 Å². The zero-order valence-corrected chi connectivity index (χ0v) is 18.4. The number of amidine groups is 1. The third kappa shape index (κ3) is 3.92. The van der Waals surface area contributed by atoms with Gasteiger partial charge in [0.25, 0.3) is 0 Å². The van der Waals surface area contributed by atoms with Gasteiger partial charge in [-0.05, 0) is 37.8 Å². The minimum Gasteiger partial charge on any atom is -0.396 e. The molecule has 4 N–H and O–H groups in total. The lowest BCUT2D eigenvalue weighted by Crippen LogP contribution is -2.52. The minimum atomic E-state index is -1.12. The van der Waals surface area contributed by atoms with Gasteiger partial charge in [-0.25, -0.2) is 4.98 Å². The van der Waals surface area contributed by atoms with Crippen molar-refractivity contribution >= 4 is 39.3 Å². The van der Waals surface area contributed by atoms with Crippen LogP contribution < -0.4 is 5.32 Å². The number of carbonyl (C=O) groups is 1. The van der Waals surface area contributed by atoms with E-state index in [2.05, 4.69) is 20.2 Å². The molecule has 3 heterocycles. The summed E-state index contributed by atoms with van der Waals surface area (Å²) in [6.45, 7) is 1.40. The van der Waals surface area contributed by atoms with Crippen LogP contribution in [0.4, 0.5) is 0 Å².